The van der Waals surface area contributed by atoms with Gasteiger partial charge in [0, 0.05) is 29.2 Å². The SMILES string of the molecule is Cc1ccccc1CCNC(=O)c1ccc2[nH]ccc2c1. The molecule has 2 aromatic carbocycles. The first-order chi connectivity index (χ1) is 10.2. The molecule has 0 aliphatic carbocycles. The summed E-state index contributed by atoms with van der Waals surface area (Å²) in [4.78, 5) is 15.3. The van der Waals surface area contributed by atoms with Gasteiger partial charge in [-0.25, -0.2) is 0 Å². The molecule has 3 heteroatoms. The van der Waals surface area contributed by atoms with E-state index in [0.717, 1.165) is 17.3 Å². The van der Waals surface area contributed by atoms with Crippen molar-refractivity contribution >= 4 is 16.8 Å². The highest BCUT2D eigenvalue weighted by molar-refractivity contribution is 5.98. The highest BCUT2D eigenvalue weighted by Crippen LogP contribution is 2.14. The van der Waals surface area contributed by atoms with Gasteiger partial charge >= 0.3 is 0 Å². The molecule has 0 fully saturated rings. The third-order valence-electron chi connectivity index (χ3n) is 3.76. The number of benzene rings is 2. The van der Waals surface area contributed by atoms with E-state index in [0.29, 0.717) is 12.1 Å². The number of amides is 1. The molecule has 0 atom stereocenters. The summed E-state index contributed by atoms with van der Waals surface area (Å²) >= 11 is 0. The fourth-order valence-electron chi connectivity index (χ4n) is 2.50. The lowest BCUT2D eigenvalue weighted by atomic mass is 10.1. The molecule has 1 heterocycles. The second kappa shape index (κ2) is 5.83. The van der Waals surface area contributed by atoms with Gasteiger partial charge in [-0.2, -0.15) is 0 Å². The Morgan fingerprint density at radius 2 is 2.00 bits per heavy atom. The lowest BCUT2D eigenvalue weighted by Crippen LogP contribution is -2.25. The average Bonchev–Trinajstić information content (AvgIpc) is 2.96. The number of carbonyl (C=O) groups is 1. The van der Waals surface area contributed by atoms with Gasteiger partial charge in [0.05, 0.1) is 0 Å². The van der Waals surface area contributed by atoms with Crippen molar-refractivity contribution in [2.75, 3.05) is 6.54 Å². The first-order valence-corrected chi connectivity index (χ1v) is 7.14. The molecule has 0 bridgehead atoms. The van der Waals surface area contributed by atoms with Crippen LogP contribution in [-0.2, 0) is 6.42 Å². The Bertz CT molecular complexity index is 773. The van der Waals surface area contributed by atoms with Crippen LogP contribution in [0, 0.1) is 6.92 Å². The monoisotopic (exact) mass is 278 g/mol. The number of rotatable bonds is 4. The predicted octanol–water partition coefficient (Wildman–Crippen LogP) is 3.45. The lowest BCUT2D eigenvalue weighted by Gasteiger charge is -2.07. The number of nitrogens with one attached hydrogen (secondary N) is 2. The third kappa shape index (κ3) is 2.97. The molecule has 0 radical (unpaired) electrons. The highest BCUT2D eigenvalue weighted by atomic mass is 16.1. The van der Waals surface area contributed by atoms with Crippen molar-refractivity contribution in [1.29, 1.82) is 0 Å². The Morgan fingerprint density at radius 3 is 2.86 bits per heavy atom. The van der Waals surface area contributed by atoms with E-state index in [-0.39, 0.29) is 5.91 Å². The van der Waals surface area contributed by atoms with E-state index in [1.165, 1.54) is 11.1 Å². The van der Waals surface area contributed by atoms with Crippen LogP contribution in [0.1, 0.15) is 21.5 Å². The van der Waals surface area contributed by atoms with Gasteiger partial charge in [-0.15, -0.1) is 0 Å². The van der Waals surface area contributed by atoms with Gasteiger partial charge in [-0.3, -0.25) is 4.79 Å². The van der Waals surface area contributed by atoms with Crippen molar-refractivity contribution in [2.45, 2.75) is 13.3 Å². The summed E-state index contributed by atoms with van der Waals surface area (Å²) in [5.74, 6) is -0.0216. The maximum absolute atomic E-state index is 12.2. The lowest BCUT2D eigenvalue weighted by molar-refractivity contribution is 0.0954. The molecule has 3 nitrogen and oxygen atoms in total. The molecule has 21 heavy (non-hydrogen) atoms. The zero-order chi connectivity index (χ0) is 14.7. The van der Waals surface area contributed by atoms with Gasteiger partial charge in [-0.1, -0.05) is 24.3 Å². The standard InChI is InChI=1S/C18H18N2O/c1-13-4-2-3-5-14(13)8-11-20-18(21)16-6-7-17-15(12-16)9-10-19-17/h2-7,9-10,12,19H,8,11H2,1H3,(H,20,21). The zero-order valence-electron chi connectivity index (χ0n) is 12.0. The van der Waals surface area contributed by atoms with Crippen LogP contribution in [0.15, 0.2) is 54.7 Å². The number of H-pyrrole nitrogens is 1. The number of carbonyl (C=O) groups excluding carboxylic acids is 1. The Morgan fingerprint density at radius 1 is 1.14 bits per heavy atom. The maximum Gasteiger partial charge on any atom is 0.251 e. The van der Waals surface area contributed by atoms with E-state index in [1.54, 1.807) is 0 Å². The summed E-state index contributed by atoms with van der Waals surface area (Å²) in [6.45, 7) is 2.74. The summed E-state index contributed by atoms with van der Waals surface area (Å²) in [6.07, 6.45) is 2.73. The minimum atomic E-state index is -0.0216. The quantitative estimate of drug-likeness (QED) is 0.754. The van der Waals surface area contributed by atoms with Crippen LogP contribution in [0.5, 0.6) is 0 Å². The first kappa shape index (κ1) is 13.4. The molecule has 0 spiro atoms. The first-order valence-electron chi connectivity index (χ1n) is 7.14. The van der Waals surface area contributed by atoms with E-state index in [4.69, 9.17) is 0 Å². The van der Waals surface area contributed by atoms with Crippen LogP contribution in [0.4, 0.5) is 0 Å². The van der Waals surface area contributed by atoms with Crippen LogP contribution in [0.2, 0.25) is 0 Å². The average molecular weight is 278 g/mol. The number of hydrogen-bond donors (Lipinski definition) is 2. The summed E-state index contributed by atoms with van der Waals surface area (Å²) < 4.78 is 0. The molecule has 106 valence electrons. The normalized spacial score (nSPS) is 10.7. The van der Waals surface area contributed by atoms with Gasteiger partial charge in [0.15, 0.2) is 0 Å². The second-order valence-corrected chi connectivity index (χ2v) is 5.21. The molecule has 3 rings (SSSR count). The molecule has 1 aromatic heterocycles. The molecule has 0 aliphatic heterocycles. The summed E-state index contributed by atoms with van der Waals surface area (Å²) in [5.41, 5.74) is 4.29. The predicted molar refractivity (Wildman–Crippen MR) is 85.5 cm³/mol. The fourth-order valence-corrected chi connectivity index (χ4v) is 2.50. The Kier molecular flexibility index (Phi) is 3.73. The zero-order valence-corrected chi connectivity index (χ0v) is 12.0. The minimum Gasteiger partial charge on any atom is -0.361 e. The van der Waals surface area contributed by atoms with Crippen molar-refractivity contribution in [3.8, 4) is 0 Å². The number of aromatic amines is 1. The van der Waals surface area contributed by atoms with E-state index >= 15 is 0 Å². The number of aryl methyl sites for hydroxylation is 1. The van der Waals surface area contributed by atoms with Crippen molar-refractivity contribution in [3.05, 3.63) is 71.4 Å². The second-order valence-electron chi connectivity index (χ2n) is 5.21. The highest BCUT2D eigenvalue weighted by Gasteiger charge is 2.06. The molecule has 0 aliphatic rings. The Balaban J connectivity index is 1.62. The van der Waals surface area contributed by atoms with Crippen LogP contribution >= 0.6 is 0 Å². The number of aromatic nitrogens is 1. The smallest absolute Gasteiger partial charge is 0.251 e. The van der Waals surface area contributed by atoms with Crippen LogP contribution in [0.3, 0.4) is 0 Å². The van der Waals surface area contributed by atoms with Gasteiger partial charge in [0.25, 0.3) is 5.91 Å². The fraction of sp³-hybridized carbons (Fsp3) is 0.167. The van der Waals surface area contributed by atoms with E-state index in [2.05, 4.69) is 29.4 Å². The molecular formula is C18H18N2O. The molecule has 3 aromatic rings. The van der Waals surface area contributed by atoms with Crippen molar-refractivity contribution in [2.24, 2.45) is 0 Å². The maximum atomic E-state index is 12.2. The number of fused-ring (bicyclic) bond motifs is 1. The van der Waals surface area contributed by atoms with Crippen LogP contribution < -0.4 is 5.32 Å². The van der Waals surface area contributed by atoms with Crippen molar-refractivity contribution < 1.29 is 4.79 Å². The van der Waals surface area contributed by atoms with Gasteiger partial charge in [0.2, 0.25) is 0 Å². The van der Waals surface area contributed by atoms with E-state index in [1.807, 2.05) is 42.6 Å². The Labute approximate surface area is 124 Å². The molecule has 0 saturated carbocycles. The topological polar surface area (TPSA) is 44.9 Å². The molecule has 0 saturated heterocycles. The van der Waals surface area contributed by atoms with Gasteiger partial charge in [-0.05, 0) is 48.7 Å². The van der Waals surface area contributed by atoms with Gasteiger partial charge in [0.1, 0.15) is 0 Å². The molecular weight excluding hydrogens is 260 g/mol. The molecule has 1 amide bonds. The van der Waals surface area contributed by atoms with Crippen molar-refractivity contribution in [1.82, 2.24) is 10.3 Å². The van der Waals surface area contributed by atoms with E-state index < -0.39 is 0 Å². The van der Waals surface area contributed by atoms with Crippen LogP contribution in [0.25, 0.3) is 10.9 Å². The summed E-state index contributed by atoms with van der Waals surface area (Å²) in [6, 6.07) is 15.9. The number of hydrogen-bond acceptors (Lipinski definition) is 1. The largest absolute Gasteiger partial charge is 0.361 e. The summed E-state index contributed by atoms with van der Waals surface area (Å²) in [7, 11) is 0. The van der Waals surface area contributed by atoms with Crippen molar-refractivity contribution in [3.63, 3.8) is 0 Å². The van der Waals surface area contributed by atoms with Crippen LogP contribution in [-0.4, -0.2) is 17.4 Å². The van der Waals surface area contributed by atoms with Gasteiger partial charge < -0.3 is 10.3 Å². The third-order valence-corrected chi connectivity index (χ3v) is 3.76. The van der Waals surface area contributed by atoms with E-state index in [9.17, 15) is 4.79 Å². The molecule has 0 unspecified atom stereocenters. The minimum absolute atomic E-state index is 0.0216. The summed E-state index contributed by atoms with van der Waals surface area (Å²) in [5, 5.41) is 4.04. The molecule has 2 N–H and O–H groups in total. The Hall–Kier alpha value is -2.55.